The van der Waals surface area contributed by atoms with Crippen LogP contribution in [-0.4, -0.2) is 13.1 Å². The molecule has 1 aromatic carbocycles. The molecule has 2 rings (SSSR count). The van der Waals surface area contributed by atoms with Crippen LogP contribution in [0.3, 0.4) is 0 Å². The Labute approximate surface area is 95.1 Å². The minimum Gasteiger partial charge on any atom is -0.309 e. The Morgan fingerprint density at radius 3 is 2.86 bits per heavy atom. The zero-order chi connectivity index (χ0) is 10.1. The maximum absolute atomic E-state index is 13.7. The van der Waals surface area contributed by atoms with Crippen molar-refractivity contribution in [1.82, 2.24) is 5.32 Å². The molecule has 74 valence electrons. The molecule has 0 aromatic heterocycles. The van der Waals surface area contributed by atoms with E-state index >= 15 is 0 Å². The van der Waals surface area contributed by atoms with Crippen molar-refractivity contribution >= 4 is 33.1 Å². The highest BCUT2D eigenvalue weighted by atomic mass is 79.9. The molecule has 14 heavy (non-hydrogen) atoms. The first-order chi connectivity index (χ1) is 6.70. The second-order valence-corrected chi connectivity index (χ2v) is 4.32. The van der Waals surface area contributed by atoms with E-state index in [4.69, 9.17) is 11.6 Å². The first kappa shape index (κ1) is 10.1. The molecule has 1 heterocycles. The van der Waals surface area contributed by atoms with Crippen molar-refractivity contribution in [2.24, 2.45) is 0 Å². The van der Waals surface area contributed by atoms with Crippen molar-refractivity contribution < 1.29 is 4.39 Å². The van der Waals surface area contributed by atoms with Crippen molar-refractivity contribution in [3.05, 3.63) is 39.1 Å². The molecular weight excluding hydrogens is 268 g/mol. The molecular formula is C10H8BrClFN. The van der Waals surface area contributed by atoms with Crippen LogP contribution in [0.4, 0.5) is 4.39 Å². The van der Waals surface area contributed by atoms with Crippen molar-refractivity contribution in [3.63, 3.8) is 0 Å². The number of hydrogen-bond donors (Lipinski definition) is 1. The van der Waals surface area contributed by atoms with Crippen LogP contribution in [0.1, 0.15) is 5.56 Å². The first-order valence-electron chi connectivity index (χ1n) is 4.24. The van der Waals surface area contributed by atoms with Crippen LogP contribution in [0.15, 0.2) is 22.7 Å². The molecule has 1 aliphatic heterocycles. The number of rotatable bonds is 1. The van der Waals surface area contributed by atoms with E-state index in [1.807, 2.05) is 6.08 Å². The van der Waals surface area contributed by atoms with Gasteiger partial charge in [0, 0.05) is 23.1 Å². The van der Waals surface area contributed by atoms with Crippen LogP contribution in [0.2, 0.25) is 5.02 Å². The van der Waals surface area contributed by atoms with E-state index < -0.39 is 0 Å². The molecule has 0 bridgehead atoms. The molecule has 0 aliphatic carbocycles. The predicted octanol–water partition coefficient (Wildman–Crippen LogP) is 3.23. The zero-order valence-corrected chi connectivity index (χ0v) is 9.62. The van der Waals surface area contributed by atoms with E-state index in [1.165, 1.54) is 0 Å². The van der Waals surface area contributed by atoms with Gasteiger partial charge in [-0.3, -0.25) is 0 Å². The van der Waals surface area contributed by atoms with Gasteiger partial charge in [-0.15, -0.1) is 0 Å². The average molecular weight is 277 g/mol. The second-order valence-electron chi connectivity index (χ2n) is 3.08. The largest absolute Gasteiger partial charge is 0.309 e. The summed E-state index contributed by atoms with van der Waals surface area (Å²) in [5.41, 5.74) is 1.56. The molecule has 1 nitrogen and oxygen atoms in total. The van der Waals surface area contributed by atoms with Gasteiger partial charge in [0.25, 0.3) is 0 Å². The molecule has 0 saturated heterocycles. The van der Waals surface area contributed by atoms with E-state index in [1.54, 1.807) is 12.1 Å². The van der Waals surface area contributed by atoms with Crippen LogP contribution in [0.25, 0.3) is 5.57 Å². The van der Waals surface area contributed by atoms with Crippen molar-refractivity contribution in [1.29, 1.82) is 0 Å². The number of halogens is 3. The third-order valence-corrected chi connectivity index (χ3v) is 3.45. The Hall–Kier alpha value is -0.380. The van der Waals surface area contributed by atoms with Crippen LogP contribution < -0.4 is 5.32 Å². The normalized spacial score (nSPS) is 15.8. The monoisotopic (exact) mass is 275 g/mol. The predicted molar refractivity (Wildman–Crippen MR) is 60.0 cm³/mol. The van der Waals surface area contributed by atoms with E-state index in [0.717, 1.165) is 12.1 Å². The standard InChI is InChI=1S/C10H8BrClFN/c11-8-2-1-7(10(13)9(8)12)6-3-4-14-5-6/h1-3,14H,4-5H2. The molecule has 1 aliphatic rings. The Bertz CT molecular complexity index is 403. The Morgan fingerprint density at radius 2 is 2.21 bits per heavy atom. The van der Waals surface area contributed by atoms with Gasteiger partial charge in [0.1, 0.15) is 5.82 Å². The summed E-state index contributed by atoms with van der Waals surface area (Å²) in [5, 5.41) is 3.27. The van der Waals surface area contributed by atoms with E-state index in [-0.39, 0.29) is 10.8 Å². The molecule has 0 radical (unpaired) electrons. The van der Waals surface area contributed by atoms with Crippen LogP contribution in [0, 0.1) is 5.82 Å². The van der Waals surface area contributed by atoms with Gasteiger partial charge in [-0.2, -0.15) is 0 Å². The number of nitrogens with one attached hydrogen (secondary N) is 1. The van der Waals surface area contributed by atoms with Gasteiger partial charge >= 0.3 is 0 Å². The lowest BCUT2D eigenvalue weighted by molar-refractivity contribution is 0.623. The third kappa shape index (κ3) is 1.72. The molecule has 0 fully saturated rings. The van der Waals surface area contributed by atoms with E-state index in [9.17, 15) is 4.39 Å². The summed E-state index contributed by atoms with van der Waals surface area (Å²) in [6, 6.07) is 3.50. The molecule has 4 heteroatoms. The molecule has 0 atom stereocenters. The van der Waals surface area contributed by atoms with Crippen molar-refractivity contribution in [2.75, 3.05) is 13.1 Å². The summed E-state index contributed by atoms with van der Waals surface area (Å²) in [4.78, 5) is 0. The van der Waals surface area contributed by atoms with Gasteiger partial charge < -0.3 is 5.32 Å². The van der Waals surface area contributed by atoms with Gasteiger partial charge in [-0.1, -0.05) is 23.7 Å². The maximum atomic E-state index is 13.7. The summed E-state index contributed by atoms with van der Waals surface area (Å²) >= 11 is 8.97. The first-order valence-corrected chi connectivity index (χ1v) is 5.41. The molecule has 0 saturated carbocycles. The summed E-state index contributed by atoms with van der Waals surface area (Å²) in [6.07, 6.45) is 1.97. The third-order valence-electron chi connectivity index (χ3n) is 2.19. The fourth-order valence-corrected chi connectivity index (χ4v) is 1.92. The highest BCUT2D eigenvalue weighted by Gasteiger charge is 2.15. The lowest BCUT2D eigenvalue weighted by atomic mass is 10.1. The average Bonchev–Trinajstić information content (AvgIpc) is 2.67. The summed E-state index contributed by atoms with van der Waals surface area (Å²) in [7, 11) is 0. The van der Waals surface area contributed by atoms with Crippen LogP contribution >= 0.6 is 27.5 Å². The highest BCUT2D eigenvalue weighted by molar-refractivity contribution is 9.10. The fraction of sp³-hybridized carbons (Fsp3) is 0.200. The van der Waals surface area contributed by atoms with E-state index in [2.05, 4.69) is 21.2 Å². The van der Waals surface area contributed by atoms with Crippen molar-refractivity contribution in [3.8, 4) is 0 Å². The van der Waals surface area contributed by atoms with Crippen molar-refractivity contribution in [2.45, 2.75) is 0 Å². The molecule has 1 aromatic rings. The second kappa shape index (κ2) is 4.01. The van der Waals surface area contributed by atoms with Gasteiger partial charge in [0.15, 0.2) is 0 Å². The maximum Gasteiger partial charge on any atom is 0.150 e. The van der Waals surface area contributed by atoms with Crippen LogP contribution in [0.5, 0.6) is 0 Å². The molecule has 0 unspecified atom stereocenters. The minimum atomic E-state index is -0.351. The topological polar surface area (TPSA) is 12.0 Å². The molecule has 0 amide bonds. The van der Waals surface area contributed by atoms with E-state index in [0.29, 0.717) is 16.6 Å². The SMILES string of the molecule is Fc1c(C2=CCNC2)ccc(Br)c1Cl. The lowest BCUT2D eigenvalue weighted by Gasteiger charge is -2.06. The molecule has 1 N–H and O–H groups in total. The summed E-state index contributed by atoms with van der Waals surface area (Å²) in [6.45, 7) is 1.50. The smallest absolute Gasteiger partial charge is 0.150 e. The number of benzene rings is 1. The zero-order valence-electron chi connectivity index (χ0n) is 7.28. The van der Waals surface area contributed by atoms with Crippen LogP contribution in [-0.2, 0) is 0 Å². The Balaban J connectivity index is 2.49. The van der Waals surface area contributed by atoms with Gasteiger partial charge in [0.2, 0.25) is 0 Å². The van der Waals surface area contributed by atoms with Gasteiger partial charge in [-0.25, -0.2) is 4.39 Å². The Kier molecular flexibility index (Phi) is 2.91. The minimum absolute atomic E-state index is 0.148. The summed E-state index contributed by atoms with van der Waals surface area (Å²) in [5.74, 6) is -0.351. The summed E-state index contributed by atoms with van der Waals surface area (Å²) < 4.78 is 14.3. The van der Waals surface area contributed by atoms with Gasteiger partial charge in [-0.05, 0) is 27.6 Å². The molecule has 0 spiro atoms. The quantitative estimate of drug-likeness (QED) is 0.777. The fourth-order valence-electron chi connectivity index (χ4n) is 1.45. The number of hydrogen-bond acceptors (Lipinski definition) is 1. The van der Waals surface area contributed by atoms with Gasteiger partial charge in [0.05, 0.1) is 5.02 Å². The highest BCUT2D eigenvalue weighted by Crippen LogP contribution is 2.31. The Morgan fingerprint density at radius 1 is 1.43 bits per heavy atom. The lowest BCUT2D eigenvalue weighted by Crippen LogP contribution is -2.08.